The third-order valence-electron chi connectivity index (χ3n) is 8.30. The van der Waals surface area contributed by atoms with E-state index in [1.165, 1.54) is 19.3 Å². The number of carbonyl (C=O) groups excluding carboxylic acids is 2. The Labute approximate surface area is 203 Å². The van der Waals surface area contributed by atoms with Crippen LogP contribution in [-0.4, -0.2) is 74.1 Å². The van der Waals surface area contributed by atoms with E-state index in [2.05, 4.69) is 10.2 Å². The van der Waals surface area contributed by atoms with Crippen molar-refractivity contribution in [2.24, 2.45) is 5.92 Å². The van der Waals surface area contributed by atoms with Crippen molar-refractivity contribution in [1.29, 1.82) is 0 Å². The highest BCUT2D eigenvalue weighted by molar-refractivity contribution is 5.95. The first-order valence-electron chi connectivity index (χ1n) is 13.3. The van der Waals surface area contributed by atoms with Crippen LogP contribution in [0.5, 0.6) is 5.75 Å². The summed E-state index contributed by atoms with van der Waals surface area (Å²) in [4.78, 5) is 30.3. The van der Waals surface area contributed by atoms with Crippen molar-refractivity contribution in [2.75, 3.05) is 46.3 Å². The highest BCUT2D eigenvalue weighted by atomic mass is 16.6. The lowest BCUT2D eigenvalue weighted by molar-refractivity contribution is -0.137. The second-order valence-corrected chi connectivity index (χ2v) is 10.6. The number of ether oxygens (including phenoxy) is 2. The summed E-state index contributed by atoms with van der Waals surface area (Å²) in [7, 11) is 1.94. The molecule has 3 fully saturated rings. The average molecular weight is 470 g/mol. The van der Waals surface area contributed by atoms with Crippen LogP contribution >= 0.6 is 0 Å². The molecule has 7 nitrogen and oxygen atoms in total. The second-order valence-electron chi connectivity index (χ2n) is 10.6. The monoisotopic (exact) mass is 469 g/mol. The molecule has 5 rings (SSSR count). The van der Waals surface area contributed by atoms with Crippen molar-refractivity contribution in [3.63, 3.8) is 0 Å². The van der Waals surface area contributed by atoms with Crippen LogP contribution in [0.3, 0.4) is 0 Å². The number of nitrogens with zero attached hydrogens (tertiary/aromatic N) is 2. The third-order valence-corrected chi connectivity index (χ3v) is 8.30. The molecule has 1 aromatic rings. The third kappa shape index (κ3) is 4.96. The minimum absolute atomic E-state index is 0.0160. The summed E-state index contributed by atoms with van der Waals surface area (Å²) in [5.74, 6) is 0.748. The molecule has 1 aromatic carbocycles. The number of nitrogens with one attached hydrogen (secondary N) is 1. The molecule has 0 radical (unpaired) electrons. The van der Waals surface area contributed by atoms with Crippen LogP contribution in [0.15, 0.2) is 18.2 Å². The first kappa shape index (κ1) is 23.6. The molecule has 3 heterocycles. The van der Waals surface area contributed by atoms with Gasteiger partial charge in [0.1, 0.15) is 17.5 Å². The number of rotatable bonds is 6. The maximum atomic E-state index is 13.1. The molecule has 2 saturated heterocycles. The molecule has 0 aromatic heterocycles. The Kier molecular flexibility index (Phi) is 7.11. The van der Waals surface area contributed by atoms with Gasteiger partial charge < -0.3 is 24.6 Å². The first-order chi connectivity index (χ1) is 16.5. The van der Waals surface area contributed by atoms with Crippen LogP contribution in [0.2, 0.25) is 0 Å². The van der Waals surface area contributed by atoms with Gasteiger partial charge in [-0.05, 0) is 89.7 Å². The van der Waals surface area contributed by atoms with Crippen molar-refractivity contribution in [3.8, 4) is 5.75 Å². The van der Waals surface area contributed by atoms with E-state index >= 15 is 0 Å². The lowest BCUT2D eigenvalue weighted by Crippen LogP contribution is -2.43. The van der Waals surface area contributed by atoms with Crippen molar-refractivity contribution in [1.82, 2.24) is 15.1 Å². The van der Waals surface area contributed by atoms with Crippen LogP contribution in [0.25, 0.3) is 0 Å². The van der Waals surface area contributed by atoms with Gasteiger partial charge >= 0.3 is 5.97 Å². The number of amides is 1. The normalized spacial score (nSPS) is 27.9. The van der Waals surface area contributed by atoms with Gasteiger partial charge in [0.15, 0.2) is 0 Å². The summed E-state index contributed by atoms with van der Waals surface area (Å²) in [6.07, 6.45) is 8.95. The van der Waals surface area contributed by atoms with Crippen molar-refractivity contribution < 1.29 is 19.1 Å². The Bertz CT molecular complexity index is 884. The molecule has 4 aliphatic rings. The summed E-state index contributed by atoms with van der Waals surface area (Å²) >= 11 is 0. The average Bonchev–Trinajstić information content (AvgIpc) is 3.14. The zero-order chi connectivity index (χ0) is 23.5. The maximum absolute atomic E-state index is 13.1. The zero-order valence-corrected chi connectivity index (χ0v) is 20.5. The van der Waals surface area contributed by atoms with E-state index in [1.807, 2.05) is 30.1 Å². The molecule has 0 bridgehead atoms. The summed E-state index contributed by atoms with van der Waals surface area (Å²) in [5, 5.41) is 3.35. The molecule has 1 spiro atoms. The summed E-state index contributed by atoms with van der Waals surface area (Å²) in [6.45, 7) is 6.00. The number of fused-ring (bicyclic) bond motifs is 2. The van der Waals surface area contributed by atoms with E-state index < -0.39 is 5.60 Å². The molecular weight excluding hydrogens is 430 g/mol. The van der Waals surface area contributed by atoms with Gasteiger partial charge in [0.25, 0.3) is 0 Å². The smallest absolute Gasteiger partial charge is 0.339 e. The molecule has 1 amide bonds. The van der Waals surface area contributed by atoms with Gasteiger partial charge in [0.05, 0.1) is 5.56 Å². The fourth-order valence-corrected chi connectivity index (χ4v) is 6.15. The standard InChI is InChI=1S/C27H39N3O4/c1-29(17-18-30-15-3-2-4-16-30)25(31)20-7-11-27(12-8-20)24-6-5-22(19-23(24)26(32)34-27)33-21-9-13-28-14-10-21/h5-6,19-21,28H,2-4,7-18H2,1H3. The lowest BCUT2D eigenvalue weighted by atomic mass is 9.74. The van der Waals surface area contributed by atoms with Gasteiger partial charge in [-0.25, -0.2) is 4.79 Å². The summed E-state index contributed by atoms with van der Waals surface area (Å²) in [6, 6.07) is 5.86. The van der Waals surface area contributed by atoms with Crippen LogP contribution in [0.1, 0.15) is 73.7 Å². The Morgan fingerprint density at radius 3 is 2.62 bits per heavy atom. The molecule has 7 heteroatoms. The molecule has 1 aliphatic carbocycles. The number of likely N-dealkylation sites (tertiary alicyclic amines) is 1. The Morgan fingerprint density at radius 2 is 1.88 bits per heavy atom. The Hall–Kier alpha value is -2.12. The van der Waals surface area contributed by atoms with E-state index in [0.29, 0.717) is 18.4 Å². The molecule has 0 unspecified atom stereocenters. The van der Waals surface area contributed by atoms with E-state index in [-0.39, 0.29) is 23.9 Å². The predicted molar refractivity (Wildman–Crippen MR) is 130 cm³/mol. The molecule has 186 valence electrons. The molecule has 0 atom stereocenters. The van der Waals surface area contributed by atoms with Gasteiger partial charge in [-0.15, -0.1) is 0 Å². The predicted octanol–water partition coefficient (Wildman–Crippen LogP) is 3.32. The fourth-order valence-electron chi connectivity index (χ4n) is 6.15. The van der Waals surface area contributed by atoms with E-state index in [0.717, 1.165) is 76.3 Å². The zero-order valence-electron chi connectivity index (χ0n) is 20.5. The first-order valence-corrected chi connectivity index (χ1v) is 13.3. The van der Waals surface area contributed by atoms with Gasteiger partial charge in [0, 0.05) is 31.6 Å². The number of piperidine rings is 2. The Balaban J connectivity index is 1.17. The highest BCUT2D eigenvalue weighted by Crippen LogP contribution is 2.49. The second kappa shape index (κ2) is 10.2. The van der Waals surface area contributed by atoms with Crippen molar-refractivity contribution in [2.45, 2.75) is 69.5 Å². The quantitative estimate of drug-likeness (QED) is 0.645. The molecule has 34 heavy (non-hydrogen) atoms. The van der Waals surface area contributed by atoms with E-state index in [4.69, 9.17) is 9.47 Å². The van der Waals surface area contributed by atoms with Gasteiger partial charge in [-0.1, -0.05) is 12.5 Å². The molecular formula is C27H39N3O4. The van der Waals surface area contributed by atoms with Crippen molar-refractivity contribution >= 4 is 11.9 Å². The maximum Gasteiger partial charge on any atom is 0.339 e. The number of likely N-dealkylation sites (N-methyl/N-ethyl adjacent to an activating group) is 1. The number of hydrogen-bond acceptors (Lipinski definition) is 6. The fraction of sp³-hybridized carbons (Fsp3) is 0.704. The number of carbonyl (C=O) groups is 2. The van der Waals surface area contributed by atoms with Crippen LogP contribution < -0.4 is 10.1 Å². The minimum atomic E-state index is -0.580. The van der Waals surface area contributed by atoms with Gasteiger partial charge in [0.2, 0.25) is 5.91 Å². The Morgan fingerprint density at radius 1 is 1.15 bits per heavy atom. The number of hydrogen-bond donors (Lipinski definition) is 1. The summed E-state index contributed by atoms with van der Waals surface area (Å²) in [5.41, 5.74) is 1.03. The topological polar surface area (TPSA) is 71.1 Å². The molecule has 3 aliphatic heterocycles. The van der Waals surface area contributed by atoms with Crippen molar-refractivity contribution in [3.05, 3.63) is 29.3 Å². The van der Waals surface area contributed by atoms with Gasteiger partial charge in [-0.3, -0.25) is 4.79 Å². The minimum Gasteiger partial charge on any atom is -0.490 e. The SMILES string of the molecule is CN(CCN1CCCCC1)C(=O)C1CCC2(CC1)OC(=O)c1cc(OC3CCNCC3)ccc12. The molecule has 1 N–H and O–H groups in total. The molecule has 1 saturated carbocycles. The largest absolute Gasteiger partial charge is 0.490 e. The van der Waals surface area contributed by atoms with Crippen LogP contribution in [-0.2, 0) is 15.1 Å². The summed E-state index contributed by atoms with van der Waals surface area (Å²) < 4.78 is 12.1. The van der Waals surface area contributed by atoms with Crippen LogP contribution in [0, 0.1) is 5.92 Å². The van der Waals surface area contributed by atoms with E-state index in [1.54, 1.807) is 0 Å². The highest BCUT2D eigenvalue weighted by Gasteiger charge is 2.48. The number of benzene rings is 1. The lowest BCUT2D eigenvalue weighted by Gasteiger charge is -2.37. The van der Waals surface area contributed by atoms with E-state index in [9.17, 15) is 9.59 Å². The van der Waals surface area contributed by atoms with Gasteiger partial charge in [-0.2, -0.15) is 0 Å². The number of esters is 1. The van der Waals surface area contributed by atoms with Crippen LogP contribution in [0.4, 0.5) is 0 Å².